The van der Waals surface area contributed by atoms with Crippen LogP contribution in [0, 0.1) is 0 Å². The molecule has 0 radical (unpaired) electrons. The normalized spacial score (nSPS) is 11.4. The van der Waals surface area contributed by atoms with Gasteiger partial charge in [0.15, 0.2) is 0 Å². The Bertz CT molecular complexity index is 1020. The summed E-state index contributed by atoms with van der Waals surface area (Å²) in [6, 6.07) is 24.2. The van der Waals surface area contributed by atoms with Gasteiger partial charge in [-0.25, -0.2) is 0 Å². The number of carbonyl (C=O) groups excluding carboxylic acids is 2. The minimum atomic E-state index is -0.278. The molecule has 0 bridgehead atoms. The zero-order valence-corrected chi connectivity index (χ0v) is 19.2. The molecule has 3 rings (SSSR count). The van der Waals surface area contributed by atoms with Crippen LogP contribution in [0.4, 0.5) is 5.69 Å². The largest absolute Gasteiger partial charge is 0.493 e. The van der Waals surface area contributed by atoms with E-state index < -0.39 is 0 Å². The number of benzene rings is 3. The summed E-state index contributed by atoms with van der Waals surface area (Å²) < 4.78 is 5.77. The third-order valence-corrected chi connectivity index (χ3v) is 5.87. The second-order valence-electron chi connectivity index (χ2n) is 7.32. The molecule has 0 aliphatic carbocycles. The molecular formula is C26H28N2O3S. The number of carbonyl (C=O) groups is 2. The van der Waals surface area contributed by atoms with Gasteiger partial charge in [0, 0.05) is 22.3 Å². The summed E-state index contributed by atoms with van der Waals surface area (Å²) >= 11 is 1.74. The number of hydrogen-bond acceptors (Lipinski definition) is 4. The Morgan fingerprint density at radius 1 is 0.906 bits per heavy atom. The van der Waals surface area contributed by atoms with Crippen LogP contribution in [0.25, 0.3) is 0 Å². The van der Waals surface area contributed by atoms with E-state index in [2.05, 4.69) is 22.8 Å². The number of ether oxygens (including phenoxy) is 1. The number of thioether (sulfide) groups is 1. The number of amides is 2. The van der Waals surface area contributed by atoms with Gasteiger partial charge in [0.05, 0.1) is 17.9 Å². The smallest absolute Gasteiger partial charge is 0.255 e. The summed E-state index contributed by atoms with van der Waals surface area (Å²) in [7, 11) is 0. The molecule has 6 heteroatoms. The average molecular weight is 449 g/mol. The molecule has 0 saturated carbocycles. The topological polar surface area (TPSA) is 67.4 Å². The van der Waals surface area contributed by atoms with Gasteiger partial charge in [0.1, 0.15) is 5.75 Å². The van der Waals surface area contributed by atoms with E-state index in [1.165, 1.54) is 4.90 Å². The Hall–Kier alpha value is -3.25. The van der Waals surface area contributed by atoms with Gasteiger partial charge < -0.3 is 15.4 Å². The molecule has 3 aromatic carbocycles. The van der Waals surface area contributed by atoms with Crippen LogP contribution >= 0.6 is 11.8 Å². The molecule has 0 aromatic heterocycles. The average Bonchev–Trinajstić information content (AvgIpc) is 2.83. The second kappa shape index (κ2) is 12.0. The predicted octanol–water partition coefficient (Wildman–Crippen LogP) is 5.64. The van der Waals surface area contributed by atoms with Crippen molar-refractivity contribution in [1.29, 1.82) is 0 Å². The highest BCUT2D eigenvalue weighted by molar-refractivity contribution is 7.99. The fraction of sp³-hybridized carbons (Fsp3) is 0.231. The standard InChI is InChI=1S/C26H28N2O3S/c1-3-19(2)27-26(30)23-11-7-8-12-24(23)28-25(29)20-13-15-21(16-14-20)31-17-18-32-22-9-5-4-6-10-22/h4-16,19H,3,17-18H2,1-2H3,(H,27,30)(H,28,29). The second-order valence-corrected chi connectivity index (χ2v) is 8.49. The van der Waals surface area contributed by atoms with Gasteiger partial charge in [0.25, 0.3) is 11.8 Å². The van der Waals surface area contributed by atoms with Gasteiger partial charge in [-0.2, -0.15) is 0 Å². The lowest BCUT2D eigenvalue weighted by molar-refractivity contribution is 0.0940. The molecule has 1 atom stereocenters. The first-order valence-electron chi connectivity index (χ1n) is 10.7. The Kier molecular flexibility index (Phi) is 8.75. The number of anilines is 1. The molecule has 166 valence electrons. The van der Waals surface area contributed by atoms with Crippen molar-refractivity contribution in [2.24, 2.45) is 0 Å². The third-order valence-electron chi connectivity index (χ3n) is 4.89. The predicted molar refractivity (Wildman–Crippen MR) is 131 cm³/mol. The van der Waals surface area contributed by atoms with Crippen molar-refractivity contribution in [1.82, 2.24) is 5.32 Å². The maximum atomic E-state index is 12.7. The first-order valence-corrected chi connectivity index (χ1v) is 11.7. The molecule has 3 aromatic rings. The molecule has 0 saturated heterocycles. The van der Waals surface area contributed by atoms with Crippen molar-refractivity contribution in [3.8, 4) is 5.75 Å². The lowest BCUT2D eigenvalue weighted by Gasteiger charge is -2.15. The minimum absolute atomic E-state index is 0.0601. The molecule has 1 unspecified atom stereocenters. The summed E-state index contributed by atoms with van der Waals surface area (Å²) in [5, 5.41) is 5.78. The summed E-state index contributed by atoms with van der Waals surface area (Å²) in [5.74, 6) is 1.07. The molecular weight excluding hydrogens is 420 g/mol. The van der Waals surface area contributed by atoms with Crippen molar-refractivity contribution in [3.05, 3.63) is 90.0 Å². The molecule has 32 heavy (non-hydrogen) atoms. The quantitative estimate of drug-likeness (QED) is 0.311. The molecule has 2 N–H and O–H groups in total. The van der Waals surface area contributed by atoms with Crippen LogP contribution in [0.15, 0.2) is 83.8 Å². The highest BCUT2D eigenvalue weighted by atomic mass is 32.2. The van der Waals surface area contributed by atoms with E-state index in [4.69, 9.17) is 4.74 Å². The van der Waals surface area contributed by atoms with Gasteiger partial charge in [-0.05, 0) is 61.9 Å². The minimum Gasteiger partial charge on any atom is -0.493 e. The number of hydrogen-bond donors (Lipinski definition) is 2. The Morgan fingerprint density at radius 2 is 1.59 bits per heavy atom. The molecule has 0 spiro atoms. The molecule has 5 nitrogen and oxygen atoms in total. The van der Waals surface area contributed by atoms with Gasteiger partial charge >= 0.3 is 0 Å². The summed E-state index contributed by atoms with van der Waals surface area (Å²) in [5.41, 5.74) is 1.42. The van der Waals surface area contributed by atoms with E-state index in [1.807, 2.05) is 32.0 Å². The Morgan fingerprint density at radius 3 is 2.31 bits per heavy atom. The summed E-state index contributed by atoms with van der Waals surface area (Å²) in [6.07, 6.45) is 0.833. The van der Waals surface area contributed by atoms with E-state index in [0.717, 1.165) is 12.2 Å². The van der Waals surface area contributed by atoms with Crippen LogP contribution in [-0.4, -0.2) is 30.2 Å². The third kappa shape index (κ3) is 6.89. The van der Waals surface area contributed by atoms with Crippen molar-refractivity contribution in [3.63, 3.8) is 0 Å². The van der Waals surface area contributed by atoms with Crippen molar-refractivity contribution in [2.45, 2.75) is 31.2 Å². The van der Waals surface area contributed by atoms with E-state index in [0.29, 0.717) is 29.2 Å². The van der Waals surface area contributed by atoms with Crippen molar-refractivity contribution >= 4 is 29.3 Å². The Balaban J connectivity index is 1.54. The molecule has 2 amide bonds. The van der Waals surface area contributed by atoms with Gasteiger partial charge in [0.2, 0.25) is 0 Å². The summed E-state index contributed by atoms with van der Waals surface area (Å²) in [4.78, 5) is 26.5. The van der Waals surface area contributed by atoms with Crippen LogP contribution < -0.4 is 15.4 Å². The van der Waals surface area contributed by atoms with Gasteiger partial charge in [-0.3, -0.25) is 9.59 Å². The first-order chi connectivity index (χ1) is 15.6. The van der Waals surface area contributed by atoms with E-state index in [9.17, 15) is 9.59 Å². The van der Waals surface area contributed by atoms with Crippen LogP contribution in [0.3, 0.4) is 0 Å². The van der Waals surface area contributed by atoms with Gasteiger partial charge in [-0.1, -0.05) is 37.3 Å². The number of para-hydroxylation sites is 1. The van der Waals surface area contributed by atoms with E-state index >= 15 is 0 Å². The first kappa shape index (κ1) is 23.4. The number of rotatable bonds is 10. The van der Waals surface area contributed by atoms with E-state index in [-0.39, 0.29) is 17.9 Å². The van der Waals surface area contributed by atoms with Crippen LogP contribution in [0.1, 0.15) is 41.0 Å². The Labute approximate surface area is 193 Å². The van der Waals surface area contributed by atoms with Crippen LogP contribution in [0.5, 0.6) is 5.75 Å². The molecule has 0 aliphatic heterocycles. The molecule has 0 fully saturated rings. The number of nitrogens with one attached hydrogen (secondary N) is 2. The zero-order valence-electron chi connectivity index (χ0n) is 18.3. The molecule has 0 heterocycles. The van der Waals surface area contributed by atoms with Gasteiger partial charge in [-0.15, -0.1) is 11.8 Å². The maximum Gasteiger partial charge on any atom is 0.255 e. The fourth-order valence-corrected chi connectivity index (χ4v) is 3.68. The highest BCUT2D eigenvalue weighted by Crippen LogP contribution is 2.20. The van der Waals surface area contributed by atoms with Crippen LogP contribution in [0.2, 0.25) is 0 Å². The lowest BCUT2D eigenvalue weighted by atomic mass is 10.1. The van der Waals surface area contributed by atoms with Crippen LogP contribution in [-0.2, 0) is 0 Å². The van der Waals surface area contributed by atoms with Crippen molar-refractivity contribution in [2.75, 3.05) is 17.7 Å². The van der Waals surface area contributed by atoms with Crippen molar-refractivity contribution < 1.29 is 14.3 Å². The monoisotopic (exact) mass is 448 g/mol. The zero-order chi connectivity index (χ0) is 22.8. The fourth-order valence-electron chi connectivity index (χ4n) is 2.93. The summed E-state index contributed by atoms with van der Waals surface area (Å²) in [6.45, 7) is 4.53. The maximum absolute atomic E-state index is 12.7. The SMILES string of the molecule is CCC(C)NC(=O)c1ccccc1NC(=O)c1ccc(OCCSc2ccccc2)cc1. The van der Waals surface area contributed by atoms with E-state index in [1.54, 1.807) is 60.3 Å². The lowest BCUT2D eigenvalue weighted by Crippen LogP contribution is -2.32. The molecule has 0 aliphatic rings. The highest BCUT2D eigenvalue weighted by Gasteiger charge is 2.15.